The second-order valence-electron chi connectivity index (χ2n) is 5.70. The summed E-state index contributed by atoms with van der Waals surface area (Å²) in [7, 11) is 0. The molecule has 1 aliphatic heterocycles. The third-order valence-electron chi connectivity index (χ3n) is 4.16. The van der Waals surface area contributed by atoms with Gasteiger partial charge < -0.3 is 9.80 Å². The topological polar surface area (TPSA) is 40.6 Å². The highest BCUT2D eigenvalue weighted by Gasteiger charge is 2.22. The van der Waals surface area contributed by atoms with Crippen LogP contribution < -0.4 is 0 Å². The van der Waals surface area contributed by atoms with Crippen molar-refractivity contribution < 1.29 is 9.59 Å². The average Bonchev–Trinajstić information content (AvgIpc) is 2.54. The van der Waals surface area contributed by atoms with Crippen molar-refractivity contribution in [1.29, 1.82) is 0 Å². The zero-order chi connectivity index (χ0) is 16.1. The Morgan fingerprint density at radius 2 is 1.68 bits per heavy atom. The molecule has 2 rings (SSSR count). The number of benzene rings is 1. The molecule has 0 radical (unpaired) electrons. The van der Waals surface area contributed by atoms with Crippen molar-refractivity contribution in [3.8, 4) is 0 Å². The Labute approximate surface area is 132 Å². The molecule has 0 N–H and O–H groups in total. The van der Waals surface area contributed by atoms with Gasteiger partial charge >= 0.3 is 0 Å². The van der Waals surface area contributed by atoms with E-state index in [1.807, 2.05) is 54.8 Å². The maximum absolute atomic E-state index is 12.4. The Morgan fingerprint density at radius 3 is 2.27 bits per heavy atom. The summed E-state index contributed by atoms with van der Waals surface area (Å²) in [5.41, 5.74) is 3.26. The van der Waals surface area contributed by atoms with Crippen molar-refractivity contribution in [2.24, 2.45) is 0 Å². The summed E-state index contributed by atoms with van der Waals surface area (Å²) >= 11 is 0. The molecular weight excluding hydrogens is 276 g/mol. The number of amides is 2. The van der Waals surface area contributed by atoms with Gasteiger partial charge in [0.15, 0.2) is 0 Å². The lowest BCUT2D eigenvalue weighted by molar-refractivity contribution is -0.137. The van der Waals surface area contributed by atoms with Gasteiger partial charge in [-0.1, -0.05) is 31.2 Å². The number of carbonyl (C=O) groups excluding carboxylic acids is 2. The third kappa shape index (κ3) is 3.75. The number of piperazine rings is 1. The first-order valence-corrected chi connectivity index (χ1v) is 7.84. The molecule has 0 aromatic heterocycles. The van der Waals surface area contributed by atoms with Crippen LogP contribution in [-0.2, 0) is 9.59 Å². The summed E-state index contributed by atoms with van der Waals surface area (Å²) in [5, 5.41) is 0. The molecule has 0 spiro atoms. The summed E-state index contributed by atoms with van der Waals surface area (Å²) in [6, 6.07) is 8.07. The molecule has 1 fully saturated rings. The molecule has 118 valence electrons. The van der Waals surface area contributed by atoms with Crippen molar-refractivity contribution in [2.75, 3.05) is 26.2 Å². The molecule has 0 bridgehead atoms. The van der Waals surface area contributed by atoms with Gasteiger partial charge in [-0.15, -0.1) is 0 Å². The van der Waals surface area contributed by atoms with E-state index in [1.165, 1.54) is 5.56 Å². The number of aryl methyl sites for hydroxylation is 1. The lowest BCUT2D eigenvalue weighted by atomic mass is 10.0. The van der Waals surface area contributed by atoms with E-state index in [1.54, 1.807) is 6.08 Å². The molecule has 22 heavy (non-hydrogen) atoms. The zero-order valence-electron chi connectivity index (χ0n) is 13.6. The highest BCUT2D eigenvalue weighted by Crippen LogP contribution is 2.18. The van der Waals surface area contributed by atoms with Crippen LogP contribution >= 0.6 is 0 Å². The molecule has 0 saturated carbocycles. The lowest BCUT2D eigenvalue weighted by Crippen LogP contribution is -2.50. The SMILES string of the molecule is CCC(=O)N1CCN(C(=O)/C=C(/C)c2ccccc2C)CC1. The average molecular weight is 300 g/mol. The molecule has 4 nitrogen and oxygen atoms in total. The van der Waals surface area contributed by atoms with Crippen LogP contribution in [0.5, 0.6) is 0 Å². The maximum atomic E-state index is 12.4. The number of allylic oxidation sites excluding steroid dienone is 1. The van der Waals surface area contributed by atoms with Gasteiger partial charge in [-0.3, -0.25) is 9.59 Å². The van der Waals surface area contributed by atoms with Crippen molar-refractivity contribution in [1.82, 2.24) is 9.80 Å². The van der Waals surface area contributed by atoms with Gasteiger partial charge in [-0.2, -0.15) is 0 Å². The number of hydrogen-bond donors (Lipinski definition) is 0. The second kappa shape index (κ2) is 7.25. The third-order valence-corrected chi connectivity index (χ3v) is 4.16. The fourth-order valence-corrected chi connectivity index (χ4v) is 2.77. The quantitative estimate of drug-likeness (QED) is 0.805. The Morgan fingerprint density at radius 1 is 1.09 bits per heavy atom. The fourth-order valence-electron chi connectivity index (χ4n) is 2.77. The second-order valence-corrected chi connectivity index (χ2v) is 5.70. The molecule has 1 aromatic carbocycles. The summed E-state index contributed by atoms with van der Waals surface area (Å²) < 4.78 is 0. The molecule has 0 unspecified atom stereocenters. The van der Waals surface area contributed by atoms with Crippen molar-refractivity contribution in [3.05, 3.63) is 41.5 Å². The van der Waals surface area contributed by atoms with Gasteiger partial charge in [0.2, 0.25) is 11.8 Å². The van der Waals surface area contributed by atoms with E-state index in [0.717, 1.165) is 11.1 Å². The fraction of sp³-hybridized carbons (Fsp3) is 0.444. The van der Waals surface area contributed by atoms with Gasteiger partial charge in [-0.05, 0) is 30.5 Å². The maximum Gasteiger partial charge on any atom is 0.246 e. The van der Waals surface area contributed by atoms with Crippen molar-refractivity contribution in [2.45, 2.75) is 27.2 Å². The van der Waals surface area contributed by atoms with E-state index in [4.69, 9.17) is 0 Å². The van der Waals surface area contributed by atoms with E-state index in [2.05, 4.69) is 0 Å². The number of hydrogen-bond acceptors (Lipinski definition) is 2. The van der Waals surface area contributed by atoms with Crippen LogP contribution in [0.1, 0.15) is 31.4 Å². The van der Waals surface area contributed by atoms with Crippen LogP contribution in [0.2, 0.25) is 0 Å². The van der Waals surface area contributed by atoms with E-state index in [-0.39, 0.29) is 11.8 Å². The smallest absolute Gasteiger partial charge is 0.246 e. The summed E-state index contributed by atoms with van der Waals surface area (Å²) in [5.74, 6) is 0.197. The Hall–Kier alpha value is -2.10. The molecule has 4 heteroatoms. The van der Waals surface area contributed by atoms with Gasteiger partial charge in [-0.25, -0.2) is 0 Å². The zero-order valence-corrected chi connectivity index (χ0v) is 13.6. The Balaban J connectivity index is 2.00. The molecular formula is C18H24N2O2. The van der Waals surface area contributed by atoms with E-state index in [0.29, 0.717) is 32.6 Å². The summed E-state index contributed by atoms with van der Waals surface area (Å²) in [4.78, 5) is 27.7. The molecule has 1 aliphatic rings. The lowest BCUT2D eigenvalue weighted by Gasteiger charge is -2.34. The van der Waals surface area contributed by atoms with Crippen LogP contribution in [0, 0.1) is 6.92 Å². The molecule has 1 saturated heterocycles. The van der Waals surface area contributed by atoms with E-state index < -0.39 is 0 Å². The molecule has 1 aromatic rings. The van der Waals surface area contributed by atoms with Gasteiger partial charge in [0.05, 0.1) is 0 Å². The van der Waals surface area contributed by atoms with Crippen LogP contribution in [0.4, 0.5) is 0 Å². The largest absolute Gasteiger partial charge is 0.339 e. The van der Waals surface area contributed by atoms with Crippen molar-refractivity contribution in [3.63, 3.8) is 0 Å². The first kappa shape index (κ1) is 16.3. The molecule has 0 aliphatic carbocycles. The van der Waals surface area contributed by atoms with E-state index >= 15 is 0 Å². The first-order chi connectivity index (χ1) is 10.5. The predicted molar refractivity (Wildman–Crippen MR) is 88.3 cm³/mol. The molecule has 1 heterocycles. The first-order valence-electron chi connectivity index (χ1n) is 7.84. The molecule has 2 amide bonds. The minimum atomic E-state index is 0.0318. The Kier molecular flexibility index (Phi) is 5.36. The van der Waals surface area contributed by atoms with Gasteiger partial charge in [0.25, 0.3) is 0 Å². The van der Waals surface area contributed by atoms with Crippen LogP contribution in [0.3, 0.4) is 0 Å². The van der Waals surface area contributed by atoms with Crippen LogP contribution in [0.25, 0.3) is 5.57 Å². The molecule has 0 atom stereocenters. The summed E-state index contributed by atoms with van der Waals surface area (Å²) in [6.45, 7) is 8.38. The van der Waals surface area contributed by atoms with Gasteiger partial charge in [0.1, 0.15) is 0 Å². The summed E-state index contributed by atoms with van der Waals surface area (Å²) in [6.07, 6.45) is 2.24. The standard InChI is InChI=1S/C18H24N2O2/c1-4-17(21)19-9-11-20(12-10-19)18(22)13-15(3)16-8-6-5-7-14(16)2/h5-8,13H,4,9-12H2,1-3H3/b15-13-. The van der Waals surface area contributed by atoms with Crippen molar-refractivity contribution >= 4 is 17.4 Å². The number of nitrogens with zero attached hydrogens (tertiary/aromatic N) is 2. The minimum absolute atomic E-state index is 0.0318. The van der Waals surface area contributed by atoms with E-state index in [9.17, 15) is 9.59 Å². The number of rotatable bonds is 3. The van der Waals surface area contributed by atoms with Crippen LogP contribution in [0.15, 0.2) is 30.3 Å². The highest BCUT2D eigenvalue weighted by atomic mass is 16.2. The number of carbonyl (C=O) groups is 2. The Bertz CT molecular complexity index is 585. The normalized spacial score (nSPS) is 15.9. The van der Waals surface area contributed by atoms with Gasteiger partial charge in [0, 0.05) is 38.7 Å². The van der Waals surface area contributed by atoms with Crippen LogP contribution in [-0.4, -0.2) is 47.8 Å². The monoisotopic (exact) mass is 300 g/mol. The predicted octanol–water partition coefficient (Wildman–Crippen LogP) is 2.48. The highest BCUT2D eigenvalue weighted by molar-refractivity contribution is 5.95. The minimum Gasteiger partial charge on any atom is -0.339 e.